The van der Waals surface area contributed by atoms with Crippen LogP contribution in [-0.2, 0) is 4.79 Å². The fraction of sp³-hybridized carbons (Fsp3) is 0.304. The minimum Gasteiger partial charge on any atom is -0.339 e. The molecule has 0 atom stereocenters. The van der Waals surface area contributed by atoms with Gasteiger partial charge in [0.1, 0.15) is 0 Å². The van der Waals surface area contributed by atoms with Crippen molar-refractivity contribution in [2.45, 2.75) is 32.6 Å². The van der Waals surface area contributed by atoms with E-state index in [0.717, 1.165) is 35.2 Å². The highest BCUT2D eigenvalue weighted by Gasteiger charge is 2.28. The smallest absolute Gasteiger partial charge is 0.253 e. The Kier molecular flexibility index (Phi) is 5.61. The first kappa shape index (κ1) is 19.8. The lowest BCUT2D eigenvalue weighted by molar-refractivity contribution is -0.114. The Morgan fingerprint density at radius 2 is 1.83 bits per heavy atom. The lowest BCUT2D eigenvalue weighted by Crippen LogP contribution is -2.38. The molecule has 2 heterocycles. The number of aryl methyl sites for hydroxylation is 1. The van der Waals surface area contributed by atoms with Gasteiger partial charge in [-0.25, -0.2) is 0 Å². The molecular weight excluding hydrogens is 380 g/mol. The van der Waals surface area contributed by atoms with Crippen molar-refractivity contribution < 1.29 is 14.1 Å². The average Bonchev–Trinajstić information content (AvgIpc) is 3.24. The molecule has 7 nitrogen and oxygen atoms in total. The fourth-order valence-electron chi connectivity index (χ4n) is 3.71. The molecule has 7 heteroatoms. The van der Waals surface area contributed by atoms with Crippen molar-refractivity contribution >= 4 is 17.5 Å². The summed E-state index contributed by atoms with van der Waals surface area (Å²) in [6.45, 7) is 4.80. The average molecular weight is 404 g/mol. The molecule has 0 aliphatic carbocycles. The highest BCUT2D eigenvalue weighted by atomic mass is 16.5. The Labute approximate surface area is 175 Å². The molecule has 0 spiro atoms. The molecule has 1 saturated heterocycles. The van der Waals surface area contributed by atoms with E-state index in [9.17, 15) is 9.59 Å². The zero-order valence-electron chi connectivity index (χ0n) is 17.1. The van der Waals surface area contributed by atoms with Crippen LogP contribution < -0.4 is 5.32 Å². The molecular formula is C23H24N4O3. The maximum Gasteiger partial charge on any atom is 0.253 e. The summed E-state index contributed by atoms with van der Waals surface area (Å²) in [5, 5.41) is 6.84. The molecule has 1 aromatic heterocycles. The minimum absolute atomic E-state index is 0.0719. The SMILES string of the molecule is CC(=O)Nc1ccc(-c2noc(C3CCN(C(=O)c4cccc(C)c4)CC3)n2)cc1. The number of carbonyl (C=O) groups is 2. The number of carbonyl (C=O) groups excluding carboxylic acids is 2. The highest BCUT2D eigenvalue weighted by molar-refractivity contribution is 5.94. The van der Waals surface area contributed by atoms with E-state index in [-0.39, 0.29) is 17.7 Å². The number of hydrogen-bond donors (Lipinski definition) is 1. The van der Waals surface area contributed by atoms with Crippen LogP contribution in [0.5, 0.6) is 0 Å². The molecule has 0 bridgehead atoms. The Bertz CT molecular complexity index is 1050. The van der Waals surface area contributed by atoms with Gasteiger partial charge in [-0.05, 0) is 56.2 Å². The largest absolute Gasteiger partial charge is 0.339 e. The van der Waals surface area contributed by atoms with Gasteiger partial charge in [0, 0.05) is 42.7 Å². The van der Waals surface area contributed by atoms with Gasteiger partial charge >= 0.3 is 0 Å². The number of anilines is 1. The van der Waals surface area contributed by atoms with Gasteiger partial charge in [0.15, 0.2) is 0 Å². The Balaban J connectivity index is 1.38. The van der Waals surface area contributed by atoms with Gasteiger partial charge in [0.25, 0.3) is 5.91 Å². The number of likely N-dealkylation sites (tertiary alicyclic amines) is 1. The van der Waals surface area contributed by atoms with Gasteiger partial charge in [-0.1, -0.05) is 22.9 Å². The highest BCUT2D eigenvalue weighted by Crippen LogP contribution is 2.29. The van der Waals surface area contributed by atoms with Crippen molar-refractivity contribution in [2.24, 2.45) is 0 Å². The number of nitrogens with one attached hydrogen (secondary N) is 1. The number of piperidine rings is 1. The molecule has 154 valence electrons. The van der Waals surface area contributed by atoms with Crippen LogP contribution in [0.25, 0.3) is 11.4 Å². The van der Waals surface area contributed by atoms with E-state index in [1.165, 1.54) is 6.92 Å². The van der Waals surface area contributed by atoms with E-state index >= 15 is 0 Å². The minimum atomic E-state index is -0.114. The van der Waals surface area contributed by atoms with Crippen molar-refractivity contribution in [3.05, 3.63) is 65.5 Å². The Hall–Kier alpha value is -3.48. The van der Waals surface area contributed by atoms with Crippen LogP contribution in [-0.4, -0.2) is 39.9 Å². The summed E-state index contributed by atoms with van der Waals surface area (Å²) in [5.74, 6) is 1.24. The monoisotopic (exact) mass is 404 g/mol. The Morgan fingerprint density at radius 3 is 2.50 bits per heavy atom. The van der Waals surface area contributed by atoms with Crippen LogP contribution in [0.3, 0.4) is 0 Å². The normalized spacial score (nSPS) is 14.5. The molecule has 0 radical (unpaired) electrons. The summed E-state index contributed by atoms with van der Waals surface area (Å²) in [5.41, 5.74) is 3.36. The van der Waals surface area contributed by atoms with E-state index in [1.54, 1.807) is 0 Å². The molecule has 0 saturated carbocycles. The Morgan fingerprint density at radius 1 is 1.10 bits per heavy atom. The van der Waals surface area contributed by atoms with Crippen LogP contribution in [0.1, 0.15) is 47.5 Å². The van der Waals surface area contributed by atoms with Gasteiger partial charge < -0.3 is 14.7 Å². The zero-order chi connectivity index (χ0) is 21.1. The van der Waals surface area contributed by atoms with Gasteiger partial charge in [-0.3, -0.25) is 9.59 Å². The standard InChI is InChI=1S/C23H24N4O3/c1-15-4-3-5-19(14-15)23(29)27-12-10-18(11-13-27)22-25-21(26-30-22)17-6-8-20(9-7-17)24-16(2)28/h3-9,14,18H,10-13H2,1-2H3,(H,24,28). The summed E-state index contributed by atoms with van der Waals surface area (Å²) in [4.78, 5) is 30.3. The second-order valence-electron chi connectivity index (χ2n) is 7.65. The first-order valence-electron chi connectivity index (χ1n) is 10.1. The van der Waals surface area contributed by atoms with E-state index in [4.69, 9.17) is 4.52 Å². The topological polar surface area (TPSA) is 88.3 Å². The second kappa shape index (κ2) is 8.49. The number of nitrogens with zero attached hydrogens (tertiary/aromatic N) is 3. The molecule has 3 aromatic rings. The predicted molar refractivity (Wildman–Crippen MR) is 113 cm³/mol. The molecule has 1 N–H and O–H groups in total. The number of rotatable bonds is 4. The first-order valence-corrected chi connectivity index (χ1v) is 10.1. The van der Waals surface area contributed by atoms with E-state index < -0.39 is 0 Å². The van der Waals surface area contributed by atoms with Crippen molar-refractivity contribution in [1.82, 2.24) is 15.0 Å². The zero-order valence-corrected chi connectivity index (χ0v) is 17.1. The van der Waals surface area contributed by atoms with Crippen molar-refractivity contribution in [3.63, 3.8) is 0 Å². The maximum absolute atomic E-state index is 12.7. The molecule has 4 rings (SSSR count). The van der Waals surface area contributed by atoms with Crippen molar-refractivity contribution in [3.8, 4) is 11.4 Å². The second-order valence-corrected chi connectivity index (χ2v) is 7.65. The summed E-state index contributed by atoms with van der Waals surface area (Å²) in [7, 11) is 0. The molecule has 1 aliphatic heterocycles. The molecule has 30 heavy (non-hydrogen) atoms. The third-order valence-corrected chi connectivity index (χ3v) is 5.30. The van der Waals surface area contributed by atoms with Gasteiger partial charge in [0.2, 0.25) is 17.6 Å². The predicted octanol–water partition coefficient (Wildman–Crippen LogP) is 4.02. The number of hydrogen-bond acceptors (Lipinski definition) is 5. The first-order chi connectivity index (χ1) is 14.5. The van der Waals surface area contributed by atoms with Crippen LogP contribution in [0.4, 0.5) is 5.69 Å². The quantitative estimate of drug-likeness (QED) is 0.709. The van der Waals surface area contributed by atoms with Crippen molar-refractivity contribution in [2.75, 3.05) is 18.4 Å². The third kappa shape index (κ3) is 4.40. The van der Waals surface area contributed by atoms with Crippen molar-refractivity contribution in [1.29, 1.82) is 0 Å². The van der Waals surface area contributed by atoms with Crippen LogP contribution in [0.2, 0.25) is 0 Å². The van der Waals surface area contributed by atoms with Crippen LogP contribution >= 0.6 is 0 Å². The van der Waals surface area contributed by atoms with Crippen LogP contribution in [0.15, 0.2) is 53.1 Å². The number of amides is 2. The van der Waals surface area contributed by atoms with E-state index in [1.807, 2.05) is 60.4 Å². The lowest BCUT2D eigenvalue weighted by Gasteiger charge is -2.30. The maximum atomic E-state index is 12.7. The van der Waals surface area contributed by atoms with Gasteiger partial charge in [-0.15, -0.1) is 0 Å². The van der Waals surface area contributed by atoms with E-state index in [0.29, 0.717) is 24.8 Å². The van der Waals surface area contributed by atoms with Gasteiger partial charge in [-0.2, -0.15) is 4.98 Å². The third-order valence-electron chi connectivity index (χ3n) is 5.30. The summed E-state index contributed by atoms with van der Waals surface area (Å²) < 4.78 is 5.52. The van der Waals surface area contributed by atoms with E-state index in [2.05, 4.69) is 15.5 Å². The lowest BCUT2D eigenvalue weighted by atomic mass is 9.96. The molecule has 2 amide bonds. The molecule has 1 aliphatic rings. The van der Waals surface area contributed by atoms with Gasteiger partial charge in [0.05, 0.1) is 0 Å². The fourth-order valence-corrected chi connectivity index (χ4v) is 3.71. The van der Waals surface area contributed by atoms with Crippen LogP contribution in [0, 0.1) is 6.92 Å². The molecule has 0 unspecified atom stereocenters. The number of aromatic nitrogens is 2. The molecule has 2 aromatic carbocycles. The summed E-state index contributed by atoms with van der Waals surface area (Å²) >= 11 is 0. The number of benzene rings is 2. The summed E-state index contributed by atoms with van der Waals surface area (Å²) in [6.07, 6.45) is 1.58. The molecule has 1 fully saturated rings. The summed E-state index contributed by atoms with van der Waals surface area (Å²) in [6, 6.07) is 15.0.